The highest BCUT2D eigenvalue weighted by Gasteiger charge is 2.04. The van der Waals surface area contributed by atoms with E-state index in [4.69, 9.17) is 0 Å². The Kier molecular flexibility index (Phi) is 33.4. The van der Waals surface area contributed by atoms with Gasteiger partial charge in [0.05, 0.1) is 5.75 Å². The van der Waals surface area contributed by atoms with Gasteiger partial charge >= 0.3 is 0 Å². The molecule has 6 heteroatoms. The molecule has 0 aromatic heterocycles. The molecule has 1 N–H and O–H groups in total. The van der Waals surface area contributed by atoms with Gasteiger partial charge in [-0.1, -0.05) is 47.5 Å². The van der Waals surface area contributed by atoms with Crippen LogP contribution in [0.25, 0.3) is 0 Å². The topological polar surface area (TPSA) is 63.2 Å². The Morgan fingerprint density at radius 1 is 1.05 bits per heavy atom. The van der Waals surface area contributed by atoms with E-state index >= 15 is 0 Å². The molecule has 0 fully saturated rings. The number of carbonyl (C=O) groups is 1. The minimum absolute atomic E-state index is 0.0204. The van der Waals surface area contributed by atoms with Crippen molar-refractivity contribution in [2.45, 2.75) is 60.3 Å². The minimum atomic E-state index is -2.96. The first-order valence-corrected chi connectivity index (χ1v) is 10.3. The molecule has 0 spiro atoms. The Balaban J connectivity index is -0.000000187. The summed E-state index contributed by atoms with van der Waals surface area (Å²) in [6.45, 7) is 10.3. The van der Waals surface area contributed by atoms with Crippen molar-refractivity contribution < 1.29 is 13.2 Å². The van der Waals surface area contributed by atoms with Gasteiger partial charge in [-0.25, -0.2) is 8.42 Å². The third kappa shape index (κ3) is 36.1. The number of hydrogen-bond donors (Lipinski definition) is 2. The molecule has 0 aromatic rings. The van der Waals surface area contributed by atoms with Crippen LogP contribution in [0.5, 0.6) is 0 Å². The van der Waals surface area contributed by atoms with Crippen LogP contribution in [-0.2, 0) is 14.6 Å². The number of hydrogen-bond acceptors (Lipinski definition) is 4. The van der Waals surface area contributed by atoms with Crippen LogP contribution in [0.3, 0.4) is 0 Å². The summed E-state index contributed by atoms with van der Waals surface area (Å²) in [5.41, 5.74) is 0. The molecule has 0 aliphatic rings. The maximum Gasteiger partial charge on any atom is 0.220 e. The maximum atomic E-state index is 11.1. The Hall–Kier alpha value is -0.230. The molecule has 0 radical (unpaired) electrons. The van der Waals surface area contributed by atoms with Gasteiger partial charge in [-0.2, -0.15) is 12.6 Å². The van der Waals surface area contributed by atoms with Crippen LogP contribution in [0.2, 0.25) is 0 Å². The molecule has 20 heavy (non-hydrogen) atoms. The molecule has 1 amide bonds. The number of amides is 1. The second-order valence-electron chi connectivity index (χ2n) is 3.44. The van der Waals surface area contributed by atoms with Crippen LogP contribution in [0.4, 0.5) is 0 Å². The lowest BCUT2D eigenvalue weighted by atomic mass is 10.2. The lowest BCUT2D eigenvalue weighted by Gasteiger charge is -2.03. The molecular weight excluding hydrogens is 294 g/mol. The second-order valence-corrected chi connectivity index (χ2v) is 5.70. The van der Waals surface area contributed by atoms with E-state index in [0.717, 1.165) is 25.5 Å². The highest BCUT2D eigenvalue weighted by atomic mass is 32.2. The first-order valence-electron chi connectivity index (χ1n) is 7.35. The Labute approximate surface area is 132 Å². The van der Waals surface area contributed by atoms with Gasteiger partial charge in [0.25, 0.3) is 0 Å². The number of carbonyl (C=O) groups excluding carboxylic acids is 1. The molecule has 0 saturated carbocycles. The van der Waals surface area contributed by atoms with Crippen LogP contribution < -0.4 is 5.32 Å². The fraction of sp³-hybridized carbons (Fsp3) is 0.929. The van der Waals surface area contributed by atoms with Gasteiger partial charge in [0.2, 0.25) is 5.91 Å². The highest BCUT2D eigenvalue weighted by molar-refractivity contribution is 7.90. The molecule has 0 aliphatic heterocycles. The fourth-order valence-corrected chi connectivity index (χ4v) is 1.47. The summed E-state index contributed by atoms with van der Waals surface area (Å²) in [6.07, 6.45) is 6.35. The molecule has 0 atom stereocenters. The van der Waals surface area contributed by atoms with Gasteiger partial charge < -0.3 is 5.32 Å². The summed E-state index contributed by atoms with van der Waals surface area (Å²) in [4.78, 5) is 11.1. The Bertz CT molecular complexity index is 266. The van der Waals surface area contributed by atoms with Gasteiger partial charge in [0, 0.05) is 19.2 Å². The number of unbranched alkanes of at least 4 members (excludes halogenated alkanes) is 2. The van der Waals surface area contributed by atoms with Crippen molar-refractivity contribution in [2.24, 2.45) is 0 Å². The summed E-state index contributed by atoms with van der Waals surface area (Å²) >= 11 is 3.53. The number of thiol groups is 1. The largest absolute Gasteiger partial charge is 0.355 e. The molecular formula is C14H35NO3S2. The van der Waals surface area contributed by atoms with Crippen LogP contribution >= 0.6 is 12.6 Å². The van der Waals surface area contributed by atoms with Crippen molar-refractivity contribution in [3.05, 3.63) is 0 Å². The third-order valence-corrected chi connectivity index (χ3v) is 2.75. The van der Waals surface area contributed by atoms with Crippen molar-refractivity contribution in [2.75, 3.05) is 24.8 Å². The highest BCUT2D eigenvalue weighted by Crippen LogP contribution is 1.97. The third-order valence-electron chi connectivity index (χ3n) is 1.80. The lowest BCUT2D eigenvalue weighted by molar-refractivity contribution is -0.121. The smallest absolute Gasteiger partial charge is 0.220 e. The van der Waals surface area contributed by atoms with Gasteiger partial charge in [-0.15, -0.1) is 0 Å². The van der Waals surface area contributed by atoms with Gasteiger partial charge in [-0.05, 0) is 12.7 Å². The summed E-state index contributed by atoms with van der Waals surface area (Å²) in [6, 6.07) is 0. The standard InChI is InChI=1S/C9H19NO3S.2C2H6.CH4S/c1-3-4-5-6-9(11)10-7-8-14(2,12)13;3*1-2/h3-8H2,1-2H3,(H,10,11);2*1-2H3;2H,1H3. The molecule has 0 rings (SSSR count). The maximum absolute atomic E-state index is 11.1. The average molecular weight is 330 g/mol. The van der Waals surface area contributed by atoms with Crippen LogP contribution in [0, 0.1) is 0 Å². The molecule has 0 unspecified atom stereocenters. The minimum Gasteiger partial charge on any atom is -0.355 e. The molecule has 126 valence electrons. The average Bonchev–Trinajstić information content (AvgIpc) is 2.44. The molecule has 0 saturated heterocycles. The van der Waals surface area contributed by atoms with E-state index in [0.29, 0.717) is 6.42 Å². The quantitative estimate of drug-likeness (QED) is 0.556. The molecule has 0 bridgehead atoms. The SMILES string of the molecule is CC.CC.CCCCCC(=O)NCCS(C)(=O)=O.CS. The molecule has 0 aliphatic carbocycles. The van der Waals surface area contributed by atoms with E-state index in [1.165, 1.54) is 0 Å². The molecule has 0 aromatic carbocycles. The van der Waals surface area contributed by atoms with Crippen molar-refractivity contribution in [1.82, 2.24) is 5.32 Å². The van der Waals surface area contributed by atoms with Crippen molar-refractivity contribution in [1.29, 1.82) is 0 Å². The zero-order valence-electron chi connectivity index (χ0n) is 14.3. The predicted octanol–water partition coefficient (Wildman–Crippen LogP) is 3.33. The van der Waals surface area contributed by atoms with Gasteiger partial charge in [-0.3, -0.25) is 4.79 Å². The van der Waals surface area contributed by atoms with E-state index in [9.17, 15) is 13.2 Å². The van der Waals surface area contributed by atoms with E-state index in [2.05, 4.69) is 24.9 Å². The van der Waals surface area contributed by atoms with Crippen molar-refractivity contribution in [3.8, 4) is 0 Å². The number of sulfone groups is 1. The second kappa shape index (κ2) is 23.8. The molecule has 4 nitrogen and oxygen atoms in total. The lowest BCUT2D eigenvalue weighted by Crippen LogP contribution is -2.28. The fourth-order valence-electron chi connectivity index (χ4n) is 1.000. The van der Waals surface area contributed by atoms with E-state index < -0.39 is 9.84 Å². The van der Waals surface area contributed by atoms with Gasteiger partial charge in [0.15, 0.2) is 0 Å². The summed E-state index contributed by atoms with van der Waals surface area (Å²) in [7, 11) is -2.96. The van der Waals surface area contributed by atoms with Crippen molar-refractivity contribution >= 4 is 28.4 Å². The summed E-state index contributed by atoms with van der Waals surface area (Å²) in [5, 5.41) is 2.58. The van der Waals surface area contributed by atoms with E-state index in [1.54, 1.807) is 6.26 Å². The van der Waals surface area contributed by atoms with E-state index in [-0.39, 0.29) is 18.2 Å². The Morgan fingerprint density at radius 3 is 1.85 bits per heavy atom. The normalized spacial score (nSPS) is 8.80. The first-order chi connectivity index (χ1) is 9.45. The monoisotopic (exact) mass is 329 g/mol. The van der Waals surface area contributed by atoms with Crippen LogP contribution in [0.15, 0.2) is 0 Å². The molecule has 0 heterocycles. The van der Waals surface area contributed by atoms with E-state index in [1.807, 2.05) is 27.7 Å². The zero-order chi connectivity index (χ0) is 17.0. The first kappa shape index (κ1) is 28.0. The number of nitrogens with one attached hydrogen (secondary N) is 1. The van der Waals surface area contributed by atoms with Crippen LogP contribution in [0.1, 0.15) is 60.3 Å². The van der Waals surface area contributed by atoms with Crippen LogP contribution in [-0.4, -0.2) is 39.1 Å². The van der Waals surface area contributed by atoms with Gasteiger partial charge in [0.1, 0.15) is 9.84 Å². The van der Waals surface area contributed by atoms with Crippen molar-refractivity contribution in [3.63, 3.8) is 0 Å². The summed E-state index contributed by atoms with van der Waals surface area (Å²) in [5.74, 6) is -0.0333. The number of rotatable bonds is 7. The predicted molar refractivity (Wildman–Crippen MR) is 94.5 cm³/mol. The zero-order valence-corrected chi connectivity index (χ0v) is 16.0. The summed E-state index contributed by atoms with van der Waals surface area (Å²) < 4.78 is 21.4. The Morgan fingerprint density at radius 2 is 1.50 bits per heavy atom.